The minimum atomic E-state index is -0.505. The molecular weight excluding hydrogens is 155 g/mol. The fourth-order valence-electron chi connectivity index (χ4n) is 0.717. The number of hydrogen-bond donors (Lipinski definition) is 1. The van der Waals surface area contributed by atoms with Crippen molar-refractivity contribution in [1.82, 2.24) is 4.98 Å². The number of pyridine rings is 1. The number of nitrogens with two attached hydrogens (primary N) is 1. The van der Waals surface area contributed by atoms with E-state index in [1.165, 1.54) is 12.3 Å². The van der Waals surface area contributed by atoms with Crippen molar-refractivity contribution in [2.45, 2.75) is 6.42 Å². The smallest absolute Gasteiger partial charge is 0.214 e. The van der Waals surface area contributed by atoms with Crippen LogP contribution in [0.4, 0.5) is 4.39 Å². The van der Waals surface area contributed by atoms with Gasteiger partial charge >= 0.3 is 0 Å². The highest BCUT2D eigenvalue weighted by Gasteiger charge is 1.89. The molecule has 0 saturated carbocycles. The summed E-state index contributed by atoms with van der Waals surface area (Å²) in [5.74, 6) is 5.08. The largest absolute Gasteiger partial charge is 0.330 e. The van der Waals surface area contributed by atoms with E-state index in [-0.39, 0.29) is 0 Å². The summed E-state index contributed by atoms with van der Waals surface area (Å²) in [6, 6.07) is 2.95. The van der Waals surface area contributed by atoms with E-state index in [0.717, 1.165) is 0 Å². The van der Waals surface area contributed by atoms with Gasteiger partial charge in [0.15, 0.2) is 0 Å². The molecule has 0 aliphatic carbocycles. The van der Waals surface area contributed by atoms with Gasteiger partial charge in [-0.1, -0.05) is 11.8 Å². The number of aromatic nitrogens is 1. The number of rotatable bonds is 1. The van der Waals surface area contributed by atoms with Crippen LogP contribution in [0.2, 0.25) is 0 Å². The first-order valence-electron chi connectivity index (χ1n) is 3.63. The minimum Gasteiger partial charge on any atom is -0.330 e. The molecule has 0 atom stereocenters. The molecule has 1 aromatic rings. The van der Waals surface area contributed by atoms with E-state index in [1.807, 2.05) is 0 Å². The minimum absolute atomic E-state index is 0.505. The molecule has 0 unspecified atom stereocenters. The summed E-state index contributed by atoms with van der Waals surface area (Å²) in [4.78, 5) is 3.41. The Labute approximate surface area is 70.6 Å². The average Bonchev–Trinajstić information content (AvgIpc) is 2.05. The monoisotopic (exact) mass is 164 g/mol. The summed E-state index contributed by atoms with van der Waals surface area (Å²) < 4.78 is 12.5. The molecular formula is C9H9FN2. The lowest BCUT2D eigenvalue weighted by Crippen LogP contribution is -1.95. The van der Waals surface area contributed by atoms with Gasteiger partial charge in [-0.15, -0.1) is 0 Å². The van der Waals surface area contributed by atoms with E-state index in [0.29, 0.717) is 18.5 Å². The van der Waals surface area contributed by atoms with Gasteiger partial charge in [-0.2, -0.15) is 4.39 Å². The molecule has 1 heterocycles. The summed E-state index contributed by atoms with van der Waals surface area (Å²) >= 11 is 0. The van der Waals surface area contributed by atoms with Crippen LogP contribution < -0.4 is 5.73 Å². The predicted octanol–water partition coefficient (Wildman–Crippen LogP) is 0.921. The van der Waals surface area contributed by atoms with Crippen LogP contribution in [0.25, 0.3) is 0 Å². The maximum atomic E-state index is 12.5. The van der Waals surface area contributed by atoms with Gasteiger partial charge in [0.2, 0.25) is 5.95 Å². The topological polar surface area (TPSA) is 38.9 Å². The lowest BCUT2D eigenvalue weighted by molar-refractivity contribution is 0.583. The van der Waals surface area contributed by atoms with Crippen molar-refractivity contribution in [3.05, 3.63) is 29.8 Å². The first-order chi connectivity index (χ1) is 5.83. The first-order valence-corrected chi connectivity index (χ1v) is 3.63. The highest BCUT2D eigenvalue weighted by atomic mass is 19.1. The summed E-state index contributed by atoms with van der Waals surface area (Å²) in [7, 11) is 0. The lowest BCUT2D eigenvalue weighted by atomic mass is 10.2. The maximum absolute atomic E-state index is 12.5. The zero-order chi connectivity index (χ0) is 8.81. The third kappa shape index (κ3) is 2.69. The van der Waals surface area contributed by atoms with E-state index < -0.39 is 5.95 Å². The van der Waals surface area contributed by atoms with E-state index in [1.54, 1.807) is 6.07 Å². The van der Waals surface area contributed by atoms with Crippen LogP contribution in [0.5, 0.6) is 0 Å². The second kappa shape index (κ2) is 4.47. The second-order valence-corrected chi connectivity index (χ2v) is 2.21. The highest BCUT2D eigenvalue weighted by molar-refractivity contribution is 5.32. The fourth-order valence-corrected chi connectivity index (χ4v) is 0.717. The number of halogens is 1. The molecule has 2 nitrogen and oxygen atoms in total. The molecule has 0 aliphatic heterocycles. The summed E-state index contributed by atoms with van der Waals surface area (Å²) in [5, 5.41) is 0. The van der Waals surface area contributed by atoms with Crippen molar-refractivity contribution in [2.24, 2.45) is 5.73 Å². The zero-order valence-corrected chi connectivity index (χ0v) is 6.55. The summed E-state index contributed by atoms with van der Waals surface area (Å²) in [5.41, 5.74) is 5.87. The Bertz CT molecular complexity index is 312. The average molecular weight is 164 g/mol. The lowest BCUT2D eigenvalue weighted by Gasteiger charge is -1.88. The molecule has 0 amide bonds. The molecule has 1 rings (SSSR count). The van der Waals surface area contributed by atoms with Gasteiger partial charge in [-0.05, 0) is 6.07 Å². The molecule has 1 aromatic heterocycles. The van der Waals surface area contributed by atoms with Gasteiger partial charge in [0.05, 0.1) is 0 Å². The number of nitrogens with zero attached hydrogens (tertiary/aromatic N) is 1. The van der Waals surface area contributed by atoms with Crippen molar-refractivity contribution in [1.29, 1.82) is 0 Å². The Morgan fingerprint density at radius 3 is 3.08 bits per heavy atom. The van der Waals surface area contributed by atoms with Gasteiger partial charge < -0.3 is 5.73 Å². The maximum Gasteiger partial charge on any atom is 0.214 e. The first kappa shape index (κ1) is 8.69. The number of hydrogen-bond acceptors (Lipinski definition) is 2. The molecule has 0 bridgehead atoms. The molecule has 0 fully saturated rings. The Kier molecular flexibility index (Phi) is 3.24. The van der Waals surface area contributed by atoms with E-state index >= 15 is 0 Å². The normalized spacial score (nSPS) is 8.83. The molecule has 0 saturated heterocycles. The van der Waals surface area contributed by atoms with Crippen molar-refractivity contribution in [3.8, 4) is 11.8 Å². The summed E-state index contributed by atoms with van der Waals surface area (Å²) in [6.45, 7) is 0.528. The molecule has 2 N–H and O–H groups in total. The molecule has 62 valence electrons. The zero-order valence-electron chi connectivity index (χ0n) is 6.55. The van der Waals surface area contributed by atoms with Crippen LogP contribution >= 0.6 is 0 Å². The van der Waals surface area contributed by atoms with Crippen LogP contribution in [0.3, 0.4) is 0 Å². The SMILES string of the molecule is NCCC#Cc1ccnc(F)c1. The van der Waals surface area contributed by atoms with Crippen molar-refractivity contribution >= 4 is 0 Å². The Hall–Kier alpha value is -1.40. The van der Waals surface area contributed by atoms with Gasteiger partial charge in [0.1, 0.15) is 0 Å². The van der Waals surface area contributed by atoms with Crippen LogP contribution in [-0.2, 0) is 0 Å². The van der Waals surface area contributed by atoms with Gasteiger partial charge in [0, 0.05) is 30.8 Å². The third-order valence-corrected chi connectivity index (χ3v) is 1.23. The predicted molar refractivity (Wildman–Crippen MR) is 44.7 cm³/mol. The molecule has 12 heavy (non-hydrogen) atoms. The highest BCUT2D eigenvalue weighted by Crippen LogP contribution is 1.97. The van der Waals surface area contributed by atoms with Crippen molar-refractivity contribution in [3.63, 3.8) is 0 Å². The quantitative estimate of drug-likeness (QED) is 0.495. The molecule has 3 heteroatoms. The van der Waals surface area contributed by atoms with Crippen LogP contribution in [0.1, 0.15) is 12.0 Å². The van der Waals surface area contributed by atoms with Crippen LogP contribution in [0.15, 0.2) is 18.3 Å². The fraction of sp³-hybridized carbons (Fsp3) is 0.222. The van der Waals surface area contributed by atoms with E-state index in [2.05, 4.69) is 16.8 Å². The molecule has 0 spiro atoms. The van der Waals surface area contributed by atoms with Crippen LogP contribution in [-0.4, -0.2) is 11.5 Å². The Morgan fingerprint density at radius 1 is 1.58 bits per heavy atom. The molecule has 0 aromatic carbocycles. The second-order valence-electron chi connectivity index (χ2n) is 2.21. The van der Waals surface area contributed by atoms with Gasteiger partial charge in [-0.3, -0.25) is 0 Å². The Balaban J connectivity index is 2.71. The summed E-state index contributed by atoms with van der Waals surface area (Å²) in [6.07, 6.45) is 2.02. The van der Waals surface area contributed by atoms with E-state index in [9.17, 15) is 4.39 Å². The Morgan fingerprint density at radius 2 is 2.42 bits per heavy atom. The van der Waals surface area contributed by atoms with Gasteiger partial charge in [0.25, 0.3) is 0 Å². The van der Waals surface area contributed by atoms with Gasteiger partial charge in [-0.25, -0.2) is 4.98 Å². The molecule has 0 radical (unpaired) electrons. The third-order valence-electron chi connectivity index (χ3n) is 1.23. The van der Waals surface area contributed by atoms with Crippen molar-refractivity contribution < 1.29 is 4.39 Å². The van der Waals surface area contributed by atoms with Crippen molar-refractivity contribution in [2.75, 3.05) is 6.54 Å². The molecule has 0 aliphatic rings. The van der Waals surface area contributed by atoms with E-state index in [4.69, 9.17) is 5.73 Å². The van der Waals surface area contributed by atoms with Crippen LogP contribution in [0, 0.1) is 17.8 Å². The standard InChI is InChI=1S/C9H9FN2/c10-9-7-8(4-6-12-9)3-1-2-5-11/h4,6-7H,2,5,11H2.